The maximum atomic E-state index is 12.7. The third-order valence-corrected chi connectivity index (χ3v) is 4.73. The third-order valence-electron chi connectivity index (χ3n) is 3.96. The molecule has 1 amide bonds. The Morgan fingerprint density at radius 2 is 2.23 bits per heavy atom. The van der Waals surface area contributed by atoms with Gasteiger partial charge in [-0.05, 0) is 31.0 Å². The van der Waals surface area contributed by atoms with E-state index < -0.39 is 0 Å². The fraction of sp³-hybridized carbons (Fsp3) is 0.176. The van der Waals surface area contributed by atoms with Gasteiger partial charge in [0, 0.05) is 29.4 Å². The van der Waals surface area contributed by atoms with Crippen LogP contribution in [-0.2, 0) is 6.42 Å². The number of nitrogens with zero attached hydrogens (tertiary/aromatic N) is 2. The highest BCUT2D eigenvalue weighted by molar-refractivity contribution is 7.09. The molecule has 0 radical (unpaired) electrons. The van der Waals surface area contributed by atoms with Crippen LogP contribution in [0, 0.1) is 6.92 Å². The molecule has 4 nitrogen and oxygen atoms in total. The molecule has 0 bridgehead atoms. The first-order chi connectivity index (χ1) is 10.7. The highest BCUT2D eigenvalue weighted by Crippen LogP contribution is 2.29. The van der Waals surface area contributed by atoms with Crippen molar-refractivity contribution in [2.45, 2.75) is 13.3 Å². The molecular weight excluding hydrogens is 294 g/mol. The number of carbonyl (C=O) groups excluding carboxylic acids is 1. The number of thiazole rings is 1. The number of aryl methyl sites for hydroxylation is 1. The third kappa shape index (κ3) is 2.14. The average Bonchev–Trinajstić information content (AvgIpc) is 3.25. The number of H-pyrrole nitrogens is 1. The van der Waals surface area contributed by atoms with Crippen molar-refractivity contribution in [2.24, 2.45) is 0 Å². The zero-order valence-electron chi connectivity index (χ0n) is 12.2. The lowest BCUT2D eigenvalue weighted by Gasteiger charge is -2.16. The van der Waals surface area contributed by atoms with E-state index in [0.29, 0.717) is 5.69 Å². The molecule has 0 fully saturated rings. The van der Waals surface area contributed by atoms with Gasteiger partial charge in [-0.3, -0.25) is 4.79 Å². The number of hydrogen-bond donors (Lipinski definition) is 1. The van der Waals surface area contributed by atoms with Crippen molar-refractivity contribution < 1.29 is 4.79 Å². The second-order valence-electron chi connectivity index (χ2n) is 5.39. The standard InChI is InChI=1S/C17H15N3OS/c1-11-19-15(10-22-11)13-8-14(18-9-13)17(21)20-7-6-12-4-2-3-5-16(12)20/h2-5,8-10,18H,6-7H2,1H3. The number of fused-ring (bicyclic) bond motifs is 1. The first kappa shape index (κ1) is 13.3. The molecule has 1 N–H and O–H groups in total. The van der Waals surface area contributed by atoms with Crippen LogP contribution in [0.5, 0.6) is 0 Å². The van der Waals surface area contributed by atoms with Gasteiger partial charge in [-0.15, -0.1) is 11.3 Å². The SMILES string of the molecule is Cc1nc(-c2c[nH]c(C(=O)N3CCc4ccccc43)c2)cs1. The van der Waals surface area contributed by atoms with E-state index in [2.05, 4.69) is 16.0 Å². The molecule has 0 unspecified atom stereocenters. The highest BCUT2D eigenvalue weighted by Gasteiger charge is 2.26. The average molecular weight is 309 g/mol. The molecule has 1 aliphatic heterocycles. The number of para-hydroxylation sites is 1. The van der Waals surface area contributed by atoms with E-state index in [0.717, 1.165) is 34.9 Å². The monoisotopic (exact) mass is 309 g/mol. The Labute approximate surface area is 132 Å². The number of anilines is 1. The van der Waals surface area contributed by atoms with Gasteiger partial charge in [-0.1, -0.05) is 18.2 Å². The summed E-state index contributed by atoms with van der Waals surface area (Å²) < 4.78 is 0. The quantitative estimate of drug-likeness (QED) is 0.785. The van der Waals surface area contributed by atoms with Crippen molar-refractivity contribution >= 4 is 22.9 Å². The molecule has 110 valence electrons. The molecule has 1 aromatic carbocycles. The van der Waals surface area contributed by atoms with Crippen LogP contribution in [0.4, 0.5) is 5.69 Å². The highest BCUT2D eigenvalue weighted by atomic mass is 32.1. The van der Waals surface area contributed by atoms with Crippen molar-refractivity contribution in [1.29, 1.82) is 0 Å². The van der Waals surface area contributed by atoms with Gasteiger partial charge in [0.05, 0.1) is 10.7 Å². The summed E-state index contributed by atoms with van der Waals surface area (Å²) in [7, 11) is 0. The number of carbonyl (C=O) groups is 1. The first-order valence-electron chi connectivity index (χ1n) is 7.23. The zero-order chi connectivity index (χ0) is 15.1. The Bertz CT molecular complexity index is 849. The van der Waals surface area contributed by atoms with Gasteiger partial charge in [0.2, 0.25) is 0 Å². The van der Waals surface area contributed by atoms with Gasteiger partial charge >= 0.3 is 0 Å². The van der Waals surface area contributed by atoms with Gasteiger partial charge in [-0.2, -0.15) is 0 Å². The van der Waals surface area contributed by atoms with Crippen LogP contribution >= 0.6 is 11.3 Å². The summed E-state index contributed by atoms with van der Waals surface area (Å²) in [6.07, 6.45) is 2.77. The second-order valence-corrected chi connectivity index (χ2v) is 6.45. The Morgan fingerprint density at radius 1 is 1.36 bits per heavy atom. The van der Waals surface area contributed by atoms with Crippen molar-refractivity contribution in [2.75, 3.05) is 11.4 Å². The molecule has 2 aromatic heterocycles. The number of aromatic amines is 1. The van der Waals surface area contributed by atoms with Crippen molar-refractivity contribution in [3.8, 4) is 11.3 Å². The molecule has 22 heavy (non-hydrogen) atoms. The largest absolute Gasteiger partial charge is 0.357 e. The second kappa shape index (κ2) is 5.10. The maximum absolute atomic E-state index is 12.7. The van der Waals surface area contributed by atoms with Crippen molar-refractivity contribution in [3.63, 3.8) is 0 Å². The molecule has 0 atom stereocenters. The molecule has 0 saturated heterocycles. The minimum absolute atomic E-state index is 0.0168. The number of hydrogen-bond acceptors (Lipinski definition) is 3. The number of amides is 1. The predicted octanol–water partition coefficient (Wildman–Crippen LogP) is 3.65. The Morgan fingerprint density at radius 3 is 3.05 bits per heavy atom. The zero-order valence-corrected chi connectivity index (χ0v) is 13.0. The van der Waals surface area contributed by atoms with Crippen LogP contribution in [0.1, 0.15) is 21.1 Å². The molecule has 4 rings (SSSR count). The Kier molecular flexibility index (Phi) is 3.08. The molecule has 3 aromatic rings. The lowest BCUT2D eigenvalue weighted by Crippen LogP contribution is -2.29. The molecule has 3 heterocycles. The maximum Gasteiger partial charge on any atom is 0.274 e. The van der Waals surface area contributed by atoms with Gasteiger partial charge in [-0.25, -0.2) is 4.98 Å². The predicted molar refractivity (Wildman–Crippen MR) is 88.5 cm³/mol. The van der Waals surface area contributed by atoms with E-state index >= 15 is 0 Å². The summed E-state index contributed by atoms with van der Waals surface area (Å²) in [4.78, 5) is 22.1. The normalized spacial score (nSPS) is 13.4. The van der Waals surface area contributed by atoms with E-state index in [-0.39, 0.29) is 5.91 Å². The van der Waals surface area contributed by atoms with Gasteiger partial charge in [0.1, 0.15) is 5.69 Å². The molecule has 0 aliphatic carbocycles. The van der Waals surface area contributed by atoms with E-state index in [4.69, 9.17) is 0 Å². The minimum Gasteiger partial charge on any atom is -0.357 e. The summed E-state index contributed by atoms with van der Waals surface area (Å²) in [5.74, 6) is 0.0168. The summed E-state index contributed by atoms with van der Waals surface area (Å²) in [6.45, 7) is 2.72. The molecule has 0 saturated carbocycles. The number of aromatic nitrogens is 2. The molecule has 1 aliphatic rings. The van der Waals surface area contributed by atoms with Crippen LogP contribution in [0.2, 0.25) is 0 Å². The van der Waals surface area contributed by atoms with Crippen LogP contribution in [0.3, 0.4) is 0 Å². The molecular formula is C17H15N3OS. The lowest BCUT2D eigenvalue weighted by molar-refractivity contribution is 0.0985. The van der Waals surface area contributed by atoms with Crippen LogP contribution in [0.15, 0.2) is 41.9 Å². The van der Waals surface area contributed by atoms with Crippen molar-refractivity contribution in [1.82, 2.24) is 9.97 Å². The Hall–Kier alpha value is -2.40. The number of benzene rings is 1. The van der Waals surface area contributed by atoms with E-state index in [1.807, 2.05) is 47.7 Å². The Balaban J connectivity index is 1.63. The van der Waals surface area contributed by atoms with E-state index in [1.165, 1.54) is 5.56 Å². The number of rotatable bonds is 2. The van der Waals surface area contributed by atoms with E-state index in [9.17, 15) is 4.79 Å². The molecule has 0 spiro atoms. The topological polar surface area (TPSA) is 49.0 Å². The smallest absolute Gasteiger partial charge is 0.274 e. The summed E-state index contributed by atoms with van der Waals surface area (Å²) >= 11 is 1.61. The summed E-state index contributed by atoms with van der Waals surface area (Å²) in [6, 6.07) is 9.97. The minimum atomic E-state index is 0.0168. The van der Waals surface area contributed by atoms with E-state index in [1.54, 1.807) is 11.3 Å². The fourth-order valence-electron chi connectivity index (χ4n) is 2.86. The van der Waals surface area contributed by atoms with Crippen LogP contribution in [-0.4, -0.2) is 22.4 Å². The van der Waals surface area contributed by atoms with Crippen molar-refractivity contribution in [3.05, 3.63) is 58.2 Å². The number of nitrogens with one attached hydrogen (secondary N) is 1. The summed E-state index contributed by atoms with van der Waals surface area (Å²) in [5.41, 5.74) is 4.74. The fourth-order valence-corrected chi connectivity index (χ4v) is 3.48. The van der Waals surface area contributed by atoms with Crippen LogP contribution in [0.25, 0.3) is 11.3 Å². The van der Waals surface area contributed by atoms with Gasteiger partial charge in [0.15, 0.2) is 0 Å². The summed E-state index contributed by atoms with van der Waals surface area (Å²) in [5, 5.41) is 3.04. The first-order valence-corrected chi connectivity index (χ1v) is 8.11. The molecule has 5 heteroatoms. The van der Waals surface area contributed by atoms with Gasteiger partial charge in [0.25, 0.3) is 5.91 Å². The van der Waals surface area contributed by atoms with Crippen LogP contribution < -0.4 is 4.90 Å². The van der Waals surface area contributed by atoms with Gasteiger partial charge < -0.3 is 9.88 Å². The lowest BCUT2D eigenvalue weighted by atomic mass is 10.2.